The second kappa shape index (κ2) is 5.90. The Bertz CT molecular complexity index is 850. The number of non-ortho nitro benzene ring substituents is 1. The van der Waals surface area contributed by atoms with E-state index in [1.807, 2.05) is 24.4 Å². The van der Waals surface area contributed by atoms with Crippen LogP contribution in [0.15, 0.2) is 40.9 Å². The highest BCUT2D eigenvalue weighted by Crippen LogP contribution is 2.36. The number of nitro benzene ring substituents is 1. The Labute approximate surface area is 134 Å². The SMILES string of the molecule is C[C@@H](Sc1nc(N)c2ccsc2n1)c1cccc([N+](=O)[O-])c1. The highest BCUT2D eigenvalue weighted by atomic mass is 32.2. The maximum atomic E-state index is 10.9. The molecule has 22 heavy (non-hydrogen) atoms. The number of nitro groups is 1. The van der Waals surface area contributed by atoms with E-state index in [-0.39, 0.29) is 10.9 Å². The molecule has 0 radical (unpaired) electrons. The Morgan fingerprint density at radius 1 is 1.36 bits per heavy atom. The Morgan fingerprint density at radius 3 is 2.95 bits per heavy atom. The smallest absolute Gasteiger partial charge is 0.269 e. The van der Waals surface area contributed by atoms with Gasteiger partial charge in [0, 0.05) is 17.4 Å². The number of anilines is 1. The molecule has 2 heterocycles. The van der Waals surface area contributed by atoms with Gasteiger partial charge >= 0.3 is 0 Å². The summed E-state index contributed by atoms with van der Waals surface area (Å²) in [4.78, 5) is 20.1. The molecule has 8 heteroatoms. The molecule has 2 N–H and O–H groups in total. The highest BCUT2D eigenvalue weighted by Gasteiger charge is 2.15. The van der Waals surface area contributed by atoms with Crippen molar-refractivity contribution in [1.29, 1.82) is 0 Å². The summed E-state index contributed by atoms with van der Waals surface area (Å²) in [6.45, 7) is 1.96. The van der Waals surface area contributed by atoms with Gasteiger partial charge in [0.1, 0.15) is 10.6 Å². The number of hydrogen-bond donors (Lipinski definition) is 1. The van der Waals surface area contributed by atoms with Crippen LogP contribution in [0.3, 0.4) is 0 Å². The number of nitrogen functional groups attached to an aromatic ring is 1. The van der Waals surface area contributed by atoms with Gasteiger partial charge in [0.25, 0.3) is 5.69 Å². The topological polar surface area (TPSA) is 94.9 Å². The zero-order valence-corrected chi connectivity index (χ0v) is 13.2. The minimum Gasteiger partial charge on any atom is -0.383 e. The van der Waals surface area contributed by atoms with Crippen LogP contribution in [-0.2, 0) is 0 Å². The fourth-order valence-corrected chi connectivity index (χ4v) is 3.75. The van der Waals surface area contributed by atoms with Crippen molar-refractivity contribution < 1.29 is 4.92 Å². The van der Waals surface area contributed by atoms with Gasteiger partial charge in [0.05, 0.1) is 10.3 Å². The fraction of sp³-hybridized carbons (Fsp3) is 0.143. The van der Waals surface area contributed by atoms with E-state index in [1.54, 1.807) is 12.1 Å². The first-order valence-corrected chi connectivity index (χ1v) is 8.22. The molecule has 0 aliphatic carbocycles. The van der Waals surface area contributed by atoms with E-state index in [2.05, 4.69) is 9.97 Å². The Kier molecular flexibility index (Phi) is 3.95. The summed E-state index contributed by atoms with van der Waals surface area (Å²) >= 11 is 2.94. The molecule has 0 aliphatic heterocycles. The van der Waals surface area contributed by atoms with E-state index < -0.39 is 4.92 Å². The first-order chi connectivity index (χ1) is 10.5. The number of fused-ring (bicyclic) bond motifs is 1. The predicted molar refractivity (Wildman–Crippen MR) is 89.2 cm³/mol. The molecule has 1 atom stereocenters. The van der Waals surface area contributed by atoms with Gasteiger partial charge in [-0.3, -0.25) is 10.1 Å². The Morgan fingerprint density at radius 2 is 2.18 bits per heavy atom. The Hall–Kier alpha value is -2.19. The molecular formula is C14H12N4O2S2. The maximum Gasteiger partial charge on any atom is 0.269 e. The molecule has 0 aliphatic rings. The molecule has 0 bridgehead atoms. The van der Waals surface area contributed by atoms with Gasteiger partial charge < -0.3 is 5.73 Å². The number of thioether (sulfide) groups is 1. The van der Waals surface area contributed by atoms with E-state index in [0.29, 0.717) is 11.0 Å². The van der Waals surface area contributed by atoms with Gasteiger partial charge in [0.15, 0.2) is 5.16 Å². The molecular weight excluding hydrogens is 320 g/mol. The summed E-state index contributed by atoms with van der Waals surface area (Å²) in [7, 11) is 0. The molecule has 112 valence electrons. The molecule has 2 aromatic heterocycles. The summed E-state index contributed by atoms with van der Waals surface area (Å²) in [5, 5.41) is 14.2. The molecule has 6 nitrogen and oxygen atoms in total. The summed E-state index contributed by atoms with van der Waals surface area (Å²) in [5.41, 5.74) is 6.87. The van der Waals surface area contributed by atoms with Crippen LogP contribution < -0.4 is 5.73 Å². The van der Waals surface area contributed by atoms with Crippen molar-refractivity contribution in [1.82, 2.24) is 9.97 Å². The van der Waals surface area contributed by atoms with Crippen molar-refractivity contribution in [2.45, 2.75) is 17.3 Å². The molecule has 0 fully saturated rings. The summed E-state index contributed by atoms with van der Waals surface area (Å²) in [5.74, 6) is 0.458. The van der Waals surface area contributed by atoms with E-state index >= 15 is 0 Å². The van der Waals surface area contributed by atoms with Crippen molar-refractivity contribution >= 4 is 44.8 Å². The summed E-state index contributed by atoms with van der Waals surface area (Å²) in [6, 6.07) is 8.49. The minimum atomic E-state index is -0.396. The van der Waals surface area contributed by atoms with Crippen LogP contribution in [0.5, 0.6) is 0 Å². The largest absolute Gasteiger partial charge is 0.383 e. The lowest BCUT2D eigenvalue weighted by atomic mass is 10.1. The van der Waals surface area contributed by atoms with Gasteiger partial charge in [-0.2, -0.15) is 0 Å². The summed E-state index contributed by atoms with van der Waals surface area (Å²) in [6.07, 6.45) is 0. The van der Waals surface area contributed by atoms with Crippen LogP contribution in [0.4, 0.5) is 11.5 Å². The molecule has 1 aromatic carbocycles. The quantitative estimate of drug-likeness (QED) is 0.335. The van der Waals surface area contributed by atoms with Crippen LogP contribution in [0, 0.1) is 10.1 Å². The van der Waals surface area contributed by atoms with Crippen molar-refractivity contribution in [2.75, 3.05) is 5.73 Å². The van der Waals surface area contributed by atoms with Crippen molar-refractivity contribution in [3.63, 3.8) is 0 Å². The third-order valence-electron chi connectivity index (χ3n) is 3.17. The van der Waals surface area contributed by atoms with Crippen LogP contribution in [0.1, 0.15) is 17.7 Å². The number of hydrogen-bond acceptors (Lipinski definition) is 7. The Balaban J connectivity index is 1.87. The zero-order chi connectivity index (χ0) is 15.7. The second-order valence-corrected chi connectivity index (χ2v) is 6.85. The number of thiophene rings is 1. The molecule has 0 spiro atoms. The molecule has 0 saturated heterocycles. The zero-order valence-electron chi connectivity index (χ0n) is 11.6. The van der Waals surface area contributed by atoms with Crippen molar-refractivity contribution in [2.24, 2.45) is 0 Å². The van der Waals surface area contributed by atoms with Gasteiger partial charge in [0.2, 0.25) is 0 Å². The third kappa shape index (κ3) is 2.88. The molecule has 3 aromatic rings. The van der Waals surface area contributed by atoms with Gasteiger partial charge in [-0.25, -0.2) is 9.97 Å². The number of benzene rings is 1. The van der Waals surface area contributed by atoms with E-state index in [1.165, 1.54) is 29.2 Å². The number of rotatable bonds is 4. The lowest BCUT2D eigenvalue weighted by Crippen LogP contribution is -1.97. The average Bonchev–Trinajstić information content (AvgIpc) is 2.96. The second-order valence-electron chi connectivity index (χ2n) is 4.64. The lowest BCUT2D eigenvalue weighted by Gasteiger charge is -2.10. The van der Waals surface area contributed by atoms with Gasteiger partial charge in [-0.15, -0.1) is 11.3 Å². The highest BCUT2D eigenvalue weighted by molar-refractivity contribution is 7.99. The lowest BCUT2D eigenvalue weighted by molar-refractivity contribution is -0.384. The first-order valence-electron chi connectivity index (χ1n) is 6.46. The first kappa shape index (κ1) is 14.7. The maximum absolute atomic E-state index is 10.9. The van der Waals surface area contributed by atoms with Crippen LogP contribution in [-0.4, -0.2) is 14.9 Å². The minimum absolute atomic E-state index is 0.0169. The van der Waals surface area contributed by atoms with Crippen LogP contribution >= 0.6 is 23.1 Å². The van der Waals surface area contributed by atoms with E-state index in [9.17, 15) is 10.1 Å². The molecule has 0 saturated carbocycles. The number of nitrogens with two attached hydrogens (primary N) is 1. The number of nitrogens with zero attached hydrogens (tertiary/aromatic N) is 3. The molecule has 0 unspecified atom stereocenters. The van der Waals surface area contributed by atoms with E-state index in [0.717, 1.165) is 15.8 Å². The third-order valence-corrected chi connectivity index (χ3v) is 4.99. The fourth-order valence-electron chi connectivity index (χ4n) is 2.03. The van der Waals surface area contributed by atoms with Crippen molar-refractivity contribution in [3.8, 4) is 0 Å². The van der Waals surface area contributed by atoms with Crippen LogP contribution in [0.25, 0.3) is 10.2 Å². The standard InChI is InChI=1S/C14H12N4O2S2/c1-8(9-3-2-4-10(7-9)18(19)20)22-14-16-12(15)11-5-6-21-13(11)17-14/h2-8H,1H3,(H2,15,16,17)/t8-/m1/s1. The monoisotopic (exact) mass is 332 g/mol. The average molecular weight is 332 g/mol. The van der Waals surface area contributed by atoms with Gasteiger partial charge in [-0.1, -0.05) is 23.9 Å². The van der Waals surface area contributed by atoms with E-state index in [4.69, 9.17) is 5.73 Å². The van der Waals surface area contributed by atoms with Crippen LogP contribution in [0.2, 0.25) is 0 Å². The summed E-state index contributed by atoms with van der Waals surface area (Å²) < 4.78 is 0. The molecule has 3 rings (SSSR count). The predicted octanol–water partition coefficient (Wildman–Crippen LogP) is 4.04. The van der Waals surface area contributed by atoms with Gasteiger partial charge in [-0.05, 0) is 23.9 Å². The normalized spacial score (nSPS) is 12.4. The molecule has 0 amide bonds. The number of aromatic nitrogens is 2. The van der Waals surface area contributed by atoms with Crippen molar-refractivity contribution in [3.05, 3.63) is 51.4 Å².